The third kappa shape index (κ3) is 4.26. The fourth-order valence-corrected chi connectivity index (χ4v) is 2.04. The van der Waals surface area contributed by atoms with E-state index in [0.717, 1.165) is 11.1 Å². The van der Waals surface area contributed by atoms with Crippen molar-refractivity contribution in [1.82, 2.24) is 10.3 Å². The van der Waals surface area contributed by atoms with Gasteiger partial charge in [-0.25, -0.2) is 4.39 Å². The molecule has 0 fully saturated rings. The highest BCUT2D eigenvalue weighted by atomic mass is 19.1. The highest BCUT2D eigenvalue weighted by Gasteiger charge is 2.08. The lowest BCUT2D eigenvalue weighted by molar-refractivity contribution is 0.339. The minimum atomic E-state index is -0.251. The topological polar surface area (TPSA) is 34.1 Å². The molecule has 0 spiro atoms. The Bertz CT molecular complexity index is 599. The van der Waals surface area contributed by atoms with Crippen molar-refractivity contribution in [3.05, 3.63) is 48.0 Å². The van der Waals surface area contributed by atoms with Crippen molar-refractivity contribution in [2.75, 3.05) is 6.61 Å². The Morgan fingerprint density at radius 3 is 2.76 bits per heavy atom. The molecule has 0 radical (unpaired) electrons. The van der Waals surface area contributed by atoms with Gasteiger partial charge in [0, 0.05) is 29.9 Å². The molecule has 112 valence electrons. The summed E-state index contributed by atoms with van der Waals surface area (Å²) in [6.07, 6.45) is 3.29. The summed E-state index contributed by atoms with van der Waals surface area (Å²) in [5.41, 5.74) is 2.32. The van der Waals surface area contributed by atoms with Crippen LogP contribution in [0.1, 0.15) is 26.3 Å². The van der Waals surface area contributed by atoms with Gasteiger partial charge in [-0.1, -0.05) is 19.9 Å². The maximum atomic E-state index is 14.1. The Balaban J connectivity index is 2.29. The van der Waals surface area contributed by atoms with E-state index < -0.39 is 0 Å². The van der Waals surface area contributed by atoms with E-state index in [1.807, 2.05) is 19.1 Å². The zero-order chi connectivity index (χ0) is 15.2. The van der Waals surface area contributed by atoms with Crippen LogP contribution in [0.2, 0.25) is 0 Å². The van der Waals surface area contributed by atoms with Crippen molar-refractivity contribution < 1.29 is 9.13 Å². The molecular formula is C17H21FN2O. The van der Waals surface area contributed by atoms with Crippen molar-refractivity contribution in [3.8, 4) is 16.9 Å². The molecule has 4 heteroatoms. The van der Waals surface area contributed by atoms with Crippen molar-refractivity contribution in [3.63, 3.8) is 0 Å². The molecule has 2 rings (SSSR count). The summed E-state index contributed by atoms with van der Waals surface area (Å²) < 4.78 is 19.5. The molecule has 1 aromatic carbocycles. The van der Waals surface area contributed by atoms with E-state index in [0.29, 0.717) is 30.5 Å². The van der Waals surface area contributed by atoms with Gasteiger partial charge >= 0.3 is 0 Å². The van der Waals surface area contributed by atoms with Gasteiger partial charge in [0.15, 0.2) is 0 Å². The van der Waals surface area contributed by atoms with E-state index in [-0.39, 0.29) is 5.82 Å². The molecule has 0 aliphatic carbocycles. The molecule has 0 aliphatic heterocycles. The number of nitrogens with one attached hydrogen (secondary N) is 1. The summed E-state index contributed by atoms with van der Waals surface area (Å²) in [7, 11) is 0. The molecule has 0 atom stereocenters. The second kappa shape index (κ2) is 7.18. The van der Waals surface area contributed by atoms with Crippen molar-refractivity contribution >= 4 is 0 Å². The lowest BCUT2D eigenvalue weighted by Crippen LogP contribution is -2.21. The predicted molar refractivity (Wildman–Crippen MR) is 82.8 cm³/mol. The van der Waals surface area contributed by atoms with Crippen LogP contribution >= 0.6 is 0 Å². The van der Waals surface area contributed by atoms with Crippen LogP contribution in [0.3, 0.4) is 0 Å². The fraction of sp³-hybridized carbons (Fsp3) is 0.353. The number of rotatable bonds is 6. The lowest BCUT2D eigenvalue weighted by atomic mass is 10.0. The van der Waals surface area contributed by atoms with E-state index >= 15 is 0 Å². The first-order chi connectivity index (χ1) is 10.1. The summed E-state index contributed by atoms with van der Waals surface area (Å²) in [6, 6.07) is 7.36. The average molecular weight is 288 g/mol. The second-order valence-electron chi connectivity index (χ2n) is 5.19. The van der Waals surface area contributed by atoms with Crippen LogP contribution in [-0.4, -0.2) is 17.6 Å². The van der Waals surface area contributed by atoms with Gasteiger partial charge in [0.2, 0.25) is 0 Å². The number of halogens is 1. The monoisotopic (exact) mass is 288 g/mol. The maximum Gasteiger partial charge on any atom is 0.138 e. The summed E-state index contributed by atoms with van der Waals surface area (Å²) in [6.45, 7) is 7.35. The third-order valence-electron chi connectivity index (χ3n) is 3.08. The normalized spacial score (nSPS) is 10.9. The largest absolute Gasteiger partial charge is 0.492 e. The minimum Gasteiger partial charge on any atom is -0.492 e. The second-order valence-corrected chi connectivity index (χ2v) is 5.19. The maximum absolute atomic E-state index is 14.1. The minimum absolute atomic E-state index is 0.251. The van der Waals surface area contributed by atoms with Gasteiger partial charge in [-0.3, -0.25) is 4.98 Å². The Kier molecular flexibility index (Phi) is 5.28. The van der Waals surface area contributed by atoms with Gasteiger partial charge < -0.3 is 10.1 Å². The van der Waals surface area contributed by atoms with Crippen LogP contribution < -0.4 is 10.1 Å². The first-order valence-electron chi connectivity index (χ1n) is 7.20. The van der Waals surface area contributed by atoms with E-state index in [1.165, 1.54) is 6.07 Å². The molecule has 1 heterocycles. The molecular weight excluding hydrogens is 267 g/mol. The molecule has 1 N–H and O–H groups in total. The van der Waals surface area contributed by atoms with E-state index in [4.69, 9.17) is 4.74 Å². The quantitative estimate of drug-likeness (QED) is 0.878. The van der Waals surface area contributed by atoms with Crippen LogP contribution in [0, 0.1) is 5.82 Å². The molecule has 0 unspecified atom stereocenters. The van der Waals surface area contributed by atoms with Crippen molar-refractivity contribution in [1.29, 1.82) is 0 Å². The highest BCUT2D eigenvalue weighted by Crippen LogP contribution is 2.26. The molecule has 0 saturated carbocycles. The third-order valence-corrected chi connectivity index (χ3v) is 3.08. The number of nitrogens with zero attached hydrogens (tertiary/aromatic N) is 1. The Morgan fingerprint density at radius 1 is 1.24 bits per heavy atom. The smallest absolute Gasteiger partial charge is 0.138 e. The van der Waals surface area contributed by atoms with Gasteiger partial charge in [0.1, 0.15) is 11.6 Å². The lowest BCUT2D eigenvalue weighted by Gasteiger charge is -2.11. The number of ether oxygens (including phenoxy) is 1. The first-order valence-corrected chi connectivity index (χ1v) is 7.20. The number of hydrogen-bond acceptors (Lipinski definition) is 3. The SMILES string of the molecule is CCOc1cncc(-c2cc(CNC(C)C)ccc2F)c1. The van der Waals surface area contributed by atoms with Crippen LogP contribution in [-0.2, 0) is 6.54 Å². The average Bonchev–Trinajstić information content (AvgIpc) is 2.47. The Morgan fingerprint density at radius 2 is 2.05 bits per heavy atom. The van der Waals surface area contributed by atoms with Crippen molar-refractivity contribution in [2.24, 2.45) is 0 Å². The van der Waals surface area contributed by atoms with Crippen molar-refractivity contribution in [2.45, 2.75) is 33.4 Å². The van der Waals surface area contributed by atoms with E-state index in [2.05, 4.69) is 24.1 Å². The number of pyridine rings is 1. The number of aromatic nitrogens is 1. The molecule has 21 heavy (non-hydrogen) atoms. The van der Waals surface area contributed by atoms with Gasteiger partial charge in [-0.05, 0) is 30.7 Å². The number of hydrogen-bond donors (Lipinski definition) is 1. The van der Waals surface area contributed by atoms with E-state index in [1.54, 1.807) is 18.5 Å². The molecule has 0 aliphatic rings. The van der Waals surface area contributed by atoms with Crippen LogP contribution in [0.25, 0.3) is 11.1 Å². The van der Waals surface area contributed by atoms with E-state index in [9.17, 15) is 4.39 Å². The first kappa shape index (κ1) is 15.4. The molecule has 2 aromatic rings. The van der Waals surface area contributed by atoms with Crippen LogP contribution in [0.5, 0.6) is 5.75 Å². The zero-order valence-electron chi connectivity index (χ0n) is 12.7. The molecule has 3 nitrogen and oxygen atoms in total. The molecule has 0 amide bonds. The summed E-state index contributed by atoms with van der Waals surface area (Å²) in [5, 5.41) is 3.33. The molecule has 0 bridgehead atoms. The predicted octanol–water partition coefficient (Wildman–Crippen LogP) is 3.78. The summed E-state index contributed by atoms with van der Waals surface area (Å²) in [5.74, 6) is 0.402. The van der Waals surface area contributed by atoms with Crippen LogP contribution in [0.15, 0.2) is 36.7 Å². The fourth-order valence-electron chi connectivity index (χ4n) is 2.04. The summed E-state index contributed by atoms with van der Waals surface area (Å²) in [4.78, 5) is 4.12. The standard InChI is InChI=1S/C17H21FN2O/c1-4-21-15-8-14(10-19-11-15)16-7-13(5-6-17(16)18)9-20-12(2)3/h5-8,10-12,20H,4,9H2,1-3H3. The van der Waals surface area contributed by atoms with Crippen LogP contribution in [0.4, 0.5) is 4.39 Å². The van der Waals surface area contributed by atoms with Gasteiger partial charge in [0.25, 0.3) is 0 Å². The van der Waals surface area contributed by atoms with Gasteiger partial charge in [-0.15, -0.1) is 0 Å². The zero-order valence-corrected chi connectivity index (χ0v) is 12.7. The Hall–Kier alpha value is -1.94. The Labute approximate surface area is 125 Å². The number of benzene rings is 1. The molecule has 0 saturated heterocycles. The molecule has 1 aromatic heterocycles. The van der Waals surface area contributed by atoms with Gasteiger partial charge in [0.05, 0.1) is 12.8 Å². The van der Waals surface area contributed by atoms with Gasteiger partial charge in [-0.2, -0.15) is 0 Å². The highest BCUT2D eigenvalue weighted by molar-refractivity contribution is 5.65. The summed E-state index contributed by atoms with van der Waals surface area (Å²) >= 11 is 0.